The van der Waals surface area contributed by atoms with Gasteiger partial charge in [0.15, 0.2) is 4.80 Å². The zero-order valence-electron chi connectivity index (χ0n) is 16.1. The minimum atomic E-state index is -0.226. The quantitative estimate of drug-likeness (QED) is 0.596. The lowest BCUT2D eigenvalue weighted by Crippen LogP contribution is -2.18. The average Bonchev–Trinajstić information content (AvgIpc) is 2.97. The Morgan fingerprint density at radius 1 is 1.19 bits per heavy atom. The molecule has 27 heavy (non-hydrogen) atoms. The third-order valence-corrected chi connectivity index (χ3v) is 6.06. The number of carbonyl (C=O) groups excluding carboxylic acids is 1. The molecule has 0 N–H and O–H groups in total. The summed E-state index contributed by atoms with van der Waals surface area (Å²) in [4.78, 5) is 17.9. The van der Waals surface area contributed by atoms with Gasteiger partial charge in [0.1, 0.15) is 5.75 Å². The van der Waals surface area contributed by atoms with Crippen LogP contribution < -0.4 is 9.54 Å². The Bertz CT molecular complexity index is 1020. The van der Waals surface area contributed by atoms with Crippen LogP contribution in [0.3, 0.4) is 0 Å². The second-order valence-electron chi connectivity index (χ2n) is 6.31. The number of amides is 1. The van der Waals surface area contributed by atoms with Crippen molar-refractivity contribution in [2.24, 2.45) is 4.99 Å². The van der Waals surface area contributed by atoms with E-state index in [1.807, 2.05) is 19.1 Å². The van der Waals surface area contributed by atoms with Crippen molar-refractivity contribution in [3.63, 3.8) is 0 Å². The molecule has 0 unspecified atom stereocenters. The molecule has 1 aromatic heterocycles. The van der Waals surface area contributed by atoms with Crippen molar-refractivity contribution < 1.29 is 9.53 Å². The smallest absolute Gasteiger partial charge is 0.279 e. The molecule has 0 atom stereocenters. The number of rotatable bonds is 6. The summed E-state index contributed by atoms with van der Waals surface area (Å²) in [5.74, 6) is 1.51. The maximum atomic E-state index is 12.7. The normalized spacial score (nSPS) is 11.9. The van der Waals surface area contributed by atoms with E-state index in [0.29, 0.717) is 12.2 Å². The Kier molecular flexibility index (Phi) is 6.39. The lowest BCUT2D eigenvalue weighted by molar-refractivity contribution is 0.0998. The number of benzene rings is 2. The van der Waals surface area contributed by atoms with Gasteiger partial charge < -0.3 is 9.30 Å². The van der Waals surface area contributed by atoms with Crippen LogP contribution in [0.2, 0.25) is 0 Å². The molecule has 0 spiro atoms. The third-order valence-electron chi connectivity index (χ3n) is 4.43. The van der Waals surface area contributed by atoms with Crippen molar-refractivity contribution in [3.8, 4) is 5.75 Å². The SMILES string of the molecule is CCOc1ccc(C(=O)N=c2sc3cc(C)c(C)cc3n2CCSC)cc1. The van der Waals surface area contributed by atoms with Crippen LogP contribution in [0.4, 0.5) is 0 Å². The first-order chi connectivity index (χ1) is 13.0. The summed E-state index contributed by atoms with van der Waals surface area (Å²) in [7, 11) is 0. The fourth-order valence-electron chi connectivity index (χ4n) is 2.82. The second-order valence-corrected chi connectivity index (χ2v) is 8.30. The zero-order valence-corrected chi connectivity index (χ0v) is 17.7. The number of nitrogens with zero attached hydrogens (tertiary/aromatic N) is 2. The minimum absolute atomic E-state index is 0.226. The van der Waals surface area contributed by atoms with Crippen LogP contribution in [0.15, 0.2) is 41.4 Å². The van der Waals surface area contributed by atoms with Crippen molar-refractivity contribution in [1.82, 2.24) is 4.57 Å². The van der Waals surface area contributed by atoms with E-state index in [9.17, 15) is 4.79 Å². The van der Waals surface area contributed by atoms with Crippen LogP contribution in [0.25, 0.3) is 10.2 Å². The van der Waals surface area contributed by atoms with Crippen molar-refractivity contribution in [2.45, 2.75) is 27.3 Å². The van der Waals surface area contributed by atoms with Gasteiger partial charge in [-0.05, 0) is 74.6 Å². The molecule has 4 nitrogen and oxygen atoms in total. The van der Waals surface area contributed by atoms with Crippen molar-refractivity contribution >= 4 is 39.2 Å². The molecule has 142 valence electrons. The lowest BCUT2D eigenvalue weighted by atomic mass is 10.1. The summed E-state index contributed by atoms with van der Waals surface area (Å²) in [6, 6.07) is 11.5. The van der Waals surface area contributed by atoms with Crippen molar-refractivity contribution in [1.29, 1.82) is 0 Å². The van der Waals surface area contributed by atoms with E-state index in [0.717, 1.165) is 33.1 Å². The first kappa shape index (κ1) is 19.7. The topological polar surface area (TPSA) is 43.6 Å². The zero-order chi connectivity index (χ0) is 19.4. The number of fused-ring (bicyclic) bond motifs is 1. The van der Waals surface area contributed by atoms with Gasteiger partial charge in [0, 0.05) is 17.9 Å². The van der Waals surface area contributed by atoms with E-state index in [2.05, 4.69) is 41.8 Å². The maximum Gasteiger partial charge on any atom is 0.279 e. The molecule has 1 amide bonds. The summed E-state index contributed by atoms with van der Waals surface area (Å²) < 4.78 is 8.76. The molecule has 3 aromatic rings. The van der Waals surface area contributed by atoms with Crippen LogP contribution in [-0.2, 0) is 6.54 Å². The number of hydrogen-bond donors (Lipinski definition) is 0. The Hall–Kier alpha value is -2.05. The first-order valence-electron chi connectivity index (χ1n) is 8.95. The average molecular weight is 401 g/mol. The highest BCUT2D eigenvalue weighted by atomic mass is 32.2. The Balaban J connectivity index is 2.04. The van der Waals surface area contributed by atoms with Gasteiger partial charge in [0.25, 0.3) is 5.91 Å². The largest absolute Gasteiger partial charge is 0.494 e. The summed E-state index contributed by atoms with van der Waals surface area (Å²) >= 11 is 3.36. The van der Waals surface area contributed by atoms with Gasteiger partial charge in [-0.15, -0.1) is 0 Å². The van der Waals surface area contributed by atoms with E-state index in [-0.39, 0.29) is 5.91 Å². The van der Waals surface area contributed by atoms with Gasteiger partial charge in [-0.2, -0.15) is 16.8 Å². The van der Waals surface area contributed by atoms with Crippen LogP contribution in [0, 0.1) is 13.8 Å². The Labute approximate surface area is 167 Å². The highest BCUT2D eigenvalue weighted by molar-refractivity contribution is 7.98. The molecular weight excluding hydrogens is 376 g/mol. The number of thiazole rings is 1. The summed E-state index contributed by atoms with van der Waals surface area (Å²) in [5, 5.41) is 0. The lowest BCUT2D eigenvalue weighted by Gasteiger charge is -2.06. The fraction of sp³-hybridized carbons (Fsp3) is 0.333. The van der Waals surface area contributed by atoms with Crippen LogP contribution in [-0.4, -0.2) is 29.1 Å². The van der Waals surface area contributed by atoms with E-state index < -0.39 is 0 Å². The first-order valence-corrected chi connectivity index (χ1v) is 11.2. The molecule has 1 heterocycles. The van der Waals surface area contributed by atoms with Crippen molar-refractivity contribution in [2.75, 3.05) is 18.6 Å². The molecule has 0 saturated heterocycles. The summed E-state index contributed by atoms with van der Waals surface area (Å²) in [5.41, 5.74) is 4.22. The molecule has 0 radical (unpaired) electrons. The van der Waals surface area contributed by atoms with E-state index in [4.69, 9.17) is 4.74 Å². The number of thioether (sulfide) groups is 1. The predicted molar refractivity (Wildman–Crippen MR) is 115 cm³/mol. The number of carbonyl (C=O) groups is 1. The van der Waals surface area contributed by atoms with Gasteiger partial charge in [-0.25, -0.2) is 0 Å². The minimum Gasteiger partial charge on any atom is -0.494 e. The molecule has 0 aliphatic carbocycles. The Morgan fingerprint density at radius 2 is 1.89 bits per heavy atom. The number of aryl methyl sites for hydroxylation is 3. The highest BCUT2D eigenvalue weighted by Crippen LogP contribution is 2.22. The molecular formula is C21H24N2O2S2. The summed E-state index contributed by atoms with van der Waals surface area (Å²) in [6.45, 7) is 7.61. The molecule has 0 aliphatic heterocycles. The molecule has 0 bridgehead atoms. The van der Waals surface area contributed by atoms with Gasteiger partial charge >= 0.3 is 0 Å². The standard InChI is InChI=1S/C21H24N2O2S2/c1-5-25-17-8-6-16(7-9-17)20(24)22-21-23(10-11-26-4)18-12-14(2)15(3)13-19(18)27-21/h6-9,12-13H,5,10-11H2,1-4H3. The number of ether oxygens (including phenoxy) is 1. The summed E-state index contributed by atoms with van der Waals surface area (Å²) in [6.07, 6.45) is 2.09. The number of aromatic nitrogens is 1. The fourth-order valence-corrected chi connectivity index (χ4v) is 4.32. The molecule has 3 rings (SSSR count). The van der Waals surface area contributed by atoms with Crippen LogP contribution in [0.5, 0.6) is 5.75 Å². The molecule has 2 aromatic carbocycles. The van der Waals surface area contributed by atoms with Gasteiger partial charge in [0.05, 0.1) is 16.8 Å². The van der Waals surface area contributed by atoms with Gasteiger partial charge in [-0.3, -0.25) is 4.79 Å². The van der Waals surface area contributed by atoms with Crippen LogP contribution in [0.1, 0.15) is 28.4 Å². The third kappa shape index (κ3) is 4.45. The molecule has 0 aliphatic rings. The van der Waals surface area contributed by atoms with Gasteiger partial charge in [0.2, 0.25) is 0 Å². The number of hydrogen-bond acceptors (Lipinski definition) is 4. The molecule has 6 heteroatoms. The monoisotopic (exact) mass is 400 g/mol. The highest BCUT2D eigenvalue weighted by Gasteiger charge is 2.11. The maximum absolute atomic E-state index is 12.7. The molecule has 0 fully saturated rings. The van der Waals surface area contributed by atoms with Gasteiger partial charge in [-0.1, -0.05) is 11.3 Å². The van der Waals surface area contributed by atoms with E-state index in [1.54, 1.807) is 35.2 Å². The van der Waals surface area contributed by atoms with E-state index >= 15 is 0 Å². The second kappa shape index (κ2) is 8.76. The predicted octanol–water partition coefficient (Wildman–Crippen LogP) is 4.82. The molecule has 0 saturated carbocycles. The van der Waals surface area contributed by atoms with Crippen LogP contribution >= 0.6 is 23.1 Å². The van der Waals surface area contributed by atoms with Crippen molar-refractivity contribution in [3.05, 3.63) is 57.9 Å². The Morgan fingerprint density at radius 3 is 2.56 bits per heavy atom. The van der Waals surface area contributed by atoms with E-state index in [1.165, 1.54) is 11.1 Å².